The Morgan fingerprint density at radius 2 is 2.38 bits per heavy atom. The van der Waals surface area contributed by atoms with Crippen LogP contribution in [0.15, 0.2) is 0 Å². The van der Waals surface area contributed by atoms with Crippen LogP contribution < -0.4 is 0 Å². The van der Waals surface area contributed by atoms with Crippen molar-refractivity contribution in [2.75, 3.05) is 25.7 Å². The summed E-state index contributed by atoms with van der Waals surface area (Å²) in [6.45, 7) is 5.67. The highest BCUT2D eigenvalue weighted by molar-refractivity contribution is 6.18. The lowest BCUT2D eigenvalue weighted by molar-refractivity contribution is -0.0594. The zero-order valence-electron chi connectivity index (χ0n) is 9.87. The van der Waals surface area contributed by atoms with Gasteiger partial charge in [0.15, 0.2) is 0 Å². The molecule has 0 N–H and O–H groups in total. The Hall–Kier alpha value is -0.270. The molecule has 0 aromatic rings. The minimum atomic E-state index is -0.524. The molecule has 3 atom stereocenters. The molecule has 0 aromatic carbocycles. The number of epoxide rings is 1. The summed E-state index contributed by atoms with van der Waals surface area (Å²) in [6, 6.07) is 0. The molecule has 4 heteroatoms. The fourth-order valence-corrected chi connectivity index (χ4v) is 1.25. The first-order valence-corrected chi connectivity index (χ1v) is 6.08. The van der Waals surface area contributed by atoms with Crippen molar-refractivity contribution in [3.63, 3.8) is 0 Å². The van der Waals surface area contributed by atoms with Crippen LogP contribution in [0.3, 0.4) is 0 Å². The highest BCUT2D eigenvalue weighted by atomic mass is 35.5. The van der Waals surface area contributed by atoms with E-state index in [1.165, 1.54) is 0 Å². The molecule has 0 saturated carbocycles. The van der Waals surface area contributed by atoms with E-state index >= 15 is 0 Å². The van der Waals surface area contributed by atoms with Crippen molar-refractivity contribution in [2.24, 2.45) is 0 Å². The quantitative estimate of drug-likeness (QED) is 0.372. The number of ether oxygens (including phenoxy) is 3. The highest BCUT2D eigenvalue weighted by Gasteiger charge is 2.26. The Morgan fingerprint density at radius 1 is 1.69 bits per heavy atom. The molecule has 0 bridgehead atoms. The van der Waals surface area contributed by atoms with Crippen molar-refractivity contribution in [3.8, 4) is 12.3 Å². The summed E-state index contributed by atoms with van der Waals surface area (Å²) < 4.78 is 16.2. The van der Waals surface area contributed by atoms with Gasteiger partial charge in [-0.15, -0.1) is 18.0 Å². The van der Waals surface area contributed by atoms with E-state index in [1.54, 1.807) is 0 Å². The maximum absolute atomic E-state index is 5.79. The number of alkyl halides is 1. The van der Waals surface area contributed by atoms with Gasteiger partial charge in [-0.25, -0.2) is 0 Å². The van der Waals surface area contributed by atoms with E-state index in [4.69, 9.17) is 32.2 Å². The predicted molar refractivity (Wildman–Crippen MR) is 63.7 cm³/mol. The molecule has 1 aliphatic heterocycles. The molecule has 1 aliphatic rings. The van der Waals surface area contributed by atoms with E-state index in [2.05, 4.69) is 5.92 Å². The minimum Gasteiger partial charge on any atom is -0.372 e. The van der Waals surface area contributed by atoms with Crippen LogP contribution in [0.2, 0.25) is 0 Å². The lowest BCUT2D eigenvalue weighted by atomic mass is 10.1. The van der Waals surface area contributed by atoms with Crippen LogP contribution in [0.25, 0.3) is 0 Å². The molecule has 0 radical (unpaired) electrons. The third-order valence-corrected chi connectivity index (χ3v) is 3.00. The van der Waals surface area contributed by atoms with Crippen LogP contribution in [-0.2, 0) is 14.2 Å². The van der Waals surface area contributed by atoms with Gasteiger partial charge in [0.2, 0.25) is 0 Å². The van der Waals surface area contributed by atoms with Gasteiger partial charge in [0.25, 0.3) is 0 Å². The van der Waals surface area contributed by atoms with Crippen LogP contribution >= 0.6 is 11.6 Å². The van der Waals surface area contributed by atoms with Crippen LogP contribution in [0, 0.1) is 12.3 Å². The smallest absolute Gasteiger partial charge is 0.125 e. The second-order valence-corrected chi connectivity index (χ2v) is 4.41. The Bertz CT molecular complexity index is 247. The van der Waals surface area contributed by atoms with Gasteiger partial charge < -0.3 is 14.2 Å². The fraction of sp³-hybridized carbons (Fsp3) is 0.833. The minimum absolute atomic E-state index is 0.120. The van der Waals surface area contributed by atoms with E-state index < -0.39 is 5.60 Å². The Labute approximate surface area is 102 Å². The Morgan fingerprint density at radius 3 is 2.81 bits per heavy atom. The topological polar surface area (TPSA) is 31.0 Å². The molecular weight excluding hydrogens is 228 g/mol. The van der Waals surface area contributed by atoms with Gasteiger partial charge >= 0.3 is 0 Å². The lowest BCUT2D eigenvalue weighted by Gasteiger charge is -2.25. The summed E-state index contributed by atoms with van der Waals surface area (Å²) in [6.07, 6.45) is 6.30. The number of terminal acetylenes is 1. The van der Waals surface area contributed by atoms with Gasteiger partial charge in [0, 0.05) is 0 Å². The molecule has 1 saturated heterocycles. The highest BCUT2D eigenvalue weighted by Crippen LogP contribution is 2.16. The van der Waals surface area contributed by atoms with Crippen LogP contribution in [0.5, 0.6) is 0 Å². The van der Waals surface area contributed by atoms with Crippen molar-refractivity contribution >= 4 is 11.6 Å². The monoisotopic (exact) mass is 246 g/mol. The number of rotatable bonds is 8. The second kappa shape index (κ2) is 6.46. The molecule has 0 unspecified atom stereocenters. The molecule has 0 amide bonds. The normalized spacial score (nSPS) is 24.5. The summed E-state index contributed by atoms with van der Waals surface area (Å²) >= 11 is 5.79. The Balaban J connectivity index is 2.23. The maximum atomic E-state index is 5.79. The van der Waals surface area contributed by atoms with E-state index in [1.807, 2.05) is 13.8 Å². The molecule has 1 fully saturated rings. The zero-order valence-corrected chi connectivity index (χ0v) is 10.6. The number of halogens is 1. The summed E-state index contributed by atoms with van der Waals surface area (Å²) in [7, 11) is 0. The van der Waals surface area contributed by atoms with Crippen molar-refractivity contribution in [1.82, 2.24) is 0 Å². The van der Waals surface area contributed by atoms with E-state index in [9.17, 15) is 0 Å². The third-order valence-electron chi connectivity index (χ3n) is 2.66. The summed E-state index contributed by atoms with van der Waals surface area (Å²) in [5, 5.41) is 0. The zero-order chi connectivity index (χ0) is 12.0. The van der Waals surface area contributed by atoms with Crippen molar-refractivity contribution < 1.29 is 14.2 Å². The molecule has 3 nitrogen and oxygen atoms in total. The van der Waals surface area contributed by atoms with Crippen LogP contribution in [-0.4, -0.2) is 43.5 Å². The molecule has 0 aromatic heterocycles. The summed E-state index contributed by atoms with van der Waals surface area (Å²) in [4.78, 5) is 0. The van der Waals surface area contributed by atoms with Gasteiger partial charge in [0.05, 0.1) is 31.8 Å². The maximum Gasteiger partial charge on any atom is 0.125 e. The number of hydrogen-bond acceptors (Lipinski definition) is 3. The molecule has 0 spiro atoms. The predicted octanol–water partition coefficient (Wildman–Crippen LogP) is 1.83. The van der Waals surface area contributed by atoms with Crippen molar-refractivity contribution in [1.29, 1.82) is 0 Å². The third kappa shape index (κ3) is 4.71. The van der Waals surface area contributed by atoms with Gasteiger partial charge in [-0.3, -0.25) is 0 Å². The average Bonchev–Trinajstić information content (AvgIpc) is 3.13. The summed E-state index contributed by atoms with van der Waals surface area (Å²) in [5.74, 6) is 3.04. The van der Waals surface area contributed by atoms with Gasteiger partial charge in [-0.05, 0) is 13.3 Å². The summed E-state index contributed by atoms with van der Waals surface area (Å²) in [5.41, 5.74) is -0.524. The SMILES string of the molecule is C#C[C@@](C)(CC)OC[C@@H](CCl)OC[C@@H]1CO1. The molecule has 16 heavy (non-hydrogen) atoms. The van der Waals surface area contributed by atoms with Gasteiger partial charge in [0.1, 0.15) is 11.7 Å². The standard InChI is InChI=1S/C12H19ClO3/c1-4-12(3,5-2)16-9-10(6-13)14-7-11-8-15-11/h1,10-11H,5-9H2,2-3H3/t10-,11-,12+/m1/s1. The lowest BCUT2D eigenvalue weighted by Crippen LogP contribution is -2.32. The van der Waals surface area contributed by atoms with Crippen molar-refractivity contribution in [3.05, 3.63) is 0 Å². The first kappa shape index (κ1) is 13.8. The van der Waals surface area contributed by atoms with E-state index in [0.717, 1.165) is 13.0 Å². The van der Waals surface area contributed by atoms with Gasteiger partial charge in [-0.1, -0.05) is 12.8 Å². The largest absolute Gasteiger partial charge is 0.372 e. The molecule has 92 valence electrons. The molecular formula is C12H19ClO3. The first-order chi connectivity index (χ1) is 7.63. The molecule has 0 aliphatic carbocycles. The van der Waals surface area contributed by atoms with Crippen LogP contribution in [0.1, 0.15) is 20.3 Å². The van der Waals surface area contributed by atoms with Gasteiger partial charge in [-0.2, -0.15) is 0 Å². The Kier molecular flexibility index (Phi) is 5.57. The van der Waals surface area contributed by atoms with Crippen molar-refractivity contribution in [2.45, 2.75) is 38.1 Å². The van der Waals surface area contributed by atoms with Crippen LogP contribution in [0.4, 0.5) is 0 Å². The molecule has 1 heterocycles. The first-order valence-electron chi connectivity index (χ1n) is 5.54. The molecule has 1 rings (SSSR count). The van der Waals surface area contributed by atoms with E-state index in [0.29, 0.717) is 19.1 Å². The average molecular weight is 247 g/mol. The second-order valence-electron chi connectivity index (χ2n) is 4.10. The number of hydrogen-bond donors (Lipinski definition) is 0. The fourth-order valence-electron chi connectivity index (χ4n) is 1.07. The van der Waals surface area contributed by atoms with E-state index in [-0.39, 0.29) is 12.2 Å².